The fraction of sp³-hybridized carbons (Fsp3) is 0.500. The van der Waals surface area contributed by atoms with Crippen molar-refractivity contribution in [3.05, 3.63) is 28.5 Å². The fourth-order valence-electron chi connectivity index (χ4n) is 1.59. The Bertz CT molecular complexity index is 524. The summed E-state index contributed by atoms with van der Waals surface area (Å²) in [7, 11) is 0. The van der Waals surface area contributed by atoms with Crippen LogP contribution in [0.5, 0.6) is 0 Å². The van der Waals surface area contributed by atoms with Crippen molar-refractivity contribution in [3.8, 4) is 0 Å². The number of hydrogen-bond acceptors (Lipinski definition) is 3. The zero-order valence-electron chi connectivity index (χ0n) is 12.0. The minimum Gasteiger partial charge on any atom is -0.480 e. The van der Waals surface area contributed by atoms with Crippen LogP contribution in [0.2, 0.25) is 5.15 Å². The minimum atomic E-state index is -1.06. The van der Waals surface area contributed by atoms with E-state index in [2.05, 4.69) is 10.3 Å². The number of carbonyl (C=O) groups excluding carboxylic acids is 1. The van der Waals surface area contributed by atoms with Crippen LogP contribution in [0.15, 0.2) is 12.1 Å². The molecule has 0 saturated carbocycles. The Balaban J connectivity index is 3.05. The zero-order chi connectivity index (χ0) is 15.5. The predicted molar refractivity (Wildman–Crippen MR) is 77.1 cm³/mol. The van der Waals surface area contributed by atoms with E-state index >= 15 is 0 Å². The van der Waals surface area contributed by atoms with Crippen molar-refractivity contribution < 1.29 is 14.7 Å². The maximum Gasteiger partial charge on any atom is 0.326 e. The summed E-state index contributed by atoms with van der Waals surface area (Å²) >= 11 is 5.93. The monoisotopic (exact) mass is 298 g/mol. The van der Waals surface area contributed by atoms with E-state index in [0.717, 1.165) is 0 Å². The molecule has 0 aromatic carbocycles. The third-order valence-electron chi connectivity index (χ3n) is 2.84. The number of carbonyl (C=O) groups is 2. The van der Waals surface area contributed by atoms with Gasteiger partial charge >= 0.3 is 5.97 Å². The van der Waals surface area contributed by atoms with Gasteiger partial charge in [-0.15, -0.1) is 0 Å². The molecule has 0 bridgehead atoms. The number of pyridine rings is 1. The largest absolute Gasteiger partial charge is 0.480 e. The van der Waals surface area contributed by atoms with Gasteiger partial charge in [-0.1, -0.05) is 39.3 Å². The summed E-state index contributed by atoms with van der Waals surface area (Å²) in [4.78, 5) is 27.2. The van der Waals surface area contributed by atoms with Gasteiger partial charge in [0, 0.05) is 16.7 Å². The van der Waals surface area contributed by atoms with Crippen LogP contribution in [0, 0.1) is 0 Å². The maximum atomic E-state index is 12.1. The van der Waals surface area contributed by atoms with Crippen molar-refractivity contribution in [2.24, 2.45) is 0 Å². The van der Waals surface area contributed by atoms with Crippen LogP contribution in [-0.2, 0) is 10.2 Å². The van der Waals surface area contributed by atoms with Crippen LogP contribution >= 0.6 is 11.6 Å². The summed E-state index contributed by atoms with van der Waals surface area (Å²) in [5.74, 6) is -1.52. The second kappa shape index (κ2) is 6.22. The summed E-state index contributed by atoms with van der Waals surface area (Å²) in [5, 5.41) is 11.6. The second-order valence-corrected chi connectivity index (χ2v) is 5.97. The number of aromatic nitrogens is 1. The van der Waals surface area contributed by atoms with Gasteiger partial charge in [0.2, 0.25) is 0 Å². The standard InChI is InChI=1S/C14H19ClN2O3/c1-5-9(13(19)20)16-12(18)8-6-10(14(2,3)4)17-11(15)7-8/h6-7,9H,5H2,1-4H3,(H,16,18)(H,19,20). The number of rotatable bonds is 4. The first-order valence-corrected chi connectivity index (χ1v) is 6.74. The molecule has 1 rings (SSSR count). The van der Waals surface area contributed by atoms with Crippen LogP contribution in [0.4, 0.5) is 0 Å². The molecule has 0 radical (unpaired) electrons. The van der Waals surface area contributed by atoms with Gasteiger partial charge in [-0.05, 0) is 18.6 Å². The molecule has 6 heteroatoms. The van der Waals surface area contributed by atoms with Crippen molar-refractivity contribution in [1.82, 2.24) is 10.3 Å². The van der Waals surface area contributed by atoms with Crippen LogP contribution in [0.1, 0.15) is 50.2 Å². The molecule has 0 aliphatic carbocycles. The lowest BCUT2D eigenvalue weighted by Gasteiger charge is -2.19. The molecule has 110 valence electrons. The highest BCUT2D eigenvalue weighted by molar-refractivity contribution is 6.29. The molecule has 1 unspecified atom stereocenters. The molecule has 0 aliphatic heterocycles. The first-order valence-electron chi connectivity index (χ1n) is 6.37. The van der Waals surface area contributed by atoms with Gasteiger partial charge in [0.25, 0.3) is 5.91 Å². The van der Waals surface area contributed by atoms with E-state index in [1.165, 1.54) is 6.07 Å². The van der Waals surface area contributed by atoms with Crippen LogP contribution in [0.25, 0.3) is 0 Å². The average molecular weight is 299 g/mol. The highest BCUT2D eigenvalue weighted by atomic mass is 35.5. The highest BCUT2D eigenvalue weighted by Crippen LogP contribution is 2.23. The molecule has 1 aromatic rings. The summed E-state index contributed by atoms with van der Waals surface area (Å²) in [5.41, 5.74) is 0.741. The van der Waals surface area contributed by atoms with Crippen LogP contribution in [-0.4, -0.2) is 28.0 Å². The van der Waals surface area contributed by atoms with Crippen molar-refractivity contribution in [3.63, 3.8) is 0 Å². The number of nitrogens with zero attached hydrogens (tertiary/aromatic N) is 1. The Kier molecular flexibility index (Phi) is 5.11. The van der Waals surface area contributed by atoms with Crippen molar-refractivity contribution >= 4 is 23.5 Å². The van der Waals surface area contributed by atoms with Gasteiger partial charge in [0.05, 0.1) is 0 Å². The molecule has 5 nitrogen and oxygen atoms in total. The third-order valence-corrected chi connectivity index (χ3v) is 3.03. The minimum absolute atomic E-state index is 0.214. The van der Waals surface area contributed by atoms with E-state index in [-0.39, 0.29) is 10.6 Å². The van der Waals surface area contributed by atoms with Crippen molar-refractivity contribution in [2.45, 2.75) is 45.6 Å². The normalized spacial score (nSPS) is 12.8. The lowest BCUT2D eigenvalue weighted by Crippen LogP contribution is -2.40. The molecular weight excluding hydrogens is 280 g/mol. The van der Waals surface area contributed by atoms with Crippen molar-refractivity contribution in [2.75, 3.05) is 0 Å². The molecule has 0 aliphatic rings. The maximum absolute atomic E-state index is 12.1. The number of carboxylic acid groups (broad SMARTS) is 1. The number of nitrogens with one attached hydrogen (secondary N) is 1. The molecule has 1 atom stereocenters. The average Bonchev–Trinajstić information content (AvgIpc) is 2.33. The zero-order valence-corrected chi connectivity index (χ0v) is 12.8. The van der Waals surface area contributed by atoms with E-state index in [1.54, 1.807) is 13.0 Å². The summed E-state index contributed by atoms with van der Waals surface area (Å²) in [6, 6.07) is 2.16. The second-order valence-electron chi connectivity index (χ2n) is 5.59. The molecule has 0 saturated heterocycles. The SMILES string of the molecule is CCC(NC(=O)c1cc(Cl)nc(C(C)(C)C)c1)C(=O)O. The molecule has 1 heterocycles. The Labute approximate surface area is 123 Å². The van der Waals surface area contributed by atoms with Crippen molar-refractivity contribution in [1.29, 1.82) is 0 Å². The summed E-state index contributed by atoms with van der Waals surface area (Å²) in [6.45, 7) is 7.57. The van der Waals surface area contributed by atoms with E-state index in [4.69, 9.17) is 16.7 Å². The van der Waals surface area contributed by atoms with Gasteiger partial charge < -0.3 is 10.4 Å². The van der Waals surface area contributed by atoms with Crippen LogP contribution < -0.4 is 5.32 Å². The first-order chi connectivity index (χ1) is 9.15. The Morgan fingerprint density at radius 2 is 2.00 bits per heavy atom. The number of halogens is 1. The lowest BCUT2D eigenvalue weighted by atomic mass is 9.91. The summed E-state index contributed by atoms with van der Waals surface area (Å²) < 4.78 is 0. The molecule has 0 spiro atoms. The number of aliphatic carboxylic acids is 1. The first kappa shape index (κ1) is 16.4. The Morgan fingerprint density at radius 3 is 2.45 bits per heavy atom. The Hall–Kier alpha value is -1.62. The molecular formula is C14H19ClN2O3. The fourth-order valence-corrected chi connectivity index (χ4v) is 1.80. The predicted octanol–water partition coefficient (Wildman–Crippen LogP) is 2.63. The van der Waals surface area contributed by atoms with Gasteiger partial charge in [-0.2, -0.15) is 0 Å². The topological polar surface area (TPSA) is 79.3 Å². The molecule has 1 amide bonds. The quantitative estimate of drug-likeness (QED) is 0.838. The number of hydrogen-bond donors (Lipinski definition) is 2. The third kappa shape index (κ3) is 4.20. The molecule has 2 N–H and O–H groups in total. The Morgan fingerprint density at radius 1 is 1.40 bits per heavy atom. The smallest absolute Gasteiger partial charge is 0.326 e. The highest BCUT2D eigenvalue weighted by Gasteiger charge is 2.22. The van der Waals surface area contributed by atoms with Gasteiger partial charge in [0.15, 0.2) is 0 Å². The van der Waals surface area contributed by atoms with Gasteiger partial charge in [-0.3, -0.25) is 4.79 Å². The van der Waals surface area contributed by atoms with E-state index in [0.29, 0.717) is 17.7 Å². The van der Waals surface area contributed by atoms with Crippen LogP contribution in [0.3, 0.4) is 0 Å². The molecule has 20 heavy (non-hydrogen) atoms. The lowest BCUT2D eigenvalue weighted by molar-refractivity contribution is -0.139. The van der Waals surface area contributed by atoms with E-state index in [1.807, 2.05) is 20.8 Å². The van der Waals surface area contributed by atoms with E-state index in [9.17, 15) is 9.59 Å². The van der Waals surface area contributed by atoms with Gasteiger partial charge in [-0.25, -0.2) is 9.78 Å². The van der Waals surface area contributed by atoms with E-state index < -0.39 is 17.9 Å². The number of amides is 1. The number of carboxylic acids is 1. The van der Waals surface area contributed by atoms with Gasteiger partial charge in [0.1, 0.15) is 11.2 Å². The summed E-state index contributed by atoms with van der Waals surface area (Å²) in [6.07, 6.45) is 0.312. The molecule has 0 fully saturated rings. The molecule has 1 aromatic heterocycles.